The summed E-state index contributed by atoms with van der Waals surface area (Å²) >= 11 is 1.73. The first-order chi connectivity index (χ1) is 6.86. The van der Waals surface area contributed by atoms with Crippen LogP contribution in [0.4, 0.5) is 0 Å². The monoisotopic (exact) mass is 212 g/mol. The molecule has 1 aliphatic heterocycles. The van der Waals surface area contributed by atoms with Gasteiger partial charge in [-0.05, 0) is 19.8 Å². The molecule has 78 valence electrons. The van der Waals surface area contributed by atoms with Crippen molar-refractivity contribution in [1.29, 1.82) is 0 Å². The normalized spacial score (nSPS) is 18.6. The summed E-state index contributed by atoms with van der Waals surface area (Å²) in [6.45, 7) is 4.83. The Labute approximate surface area is 88.5 Å². The first kappa shape index (κ1) is 10.1. The topological polar surface area (TPSA) is 34.2 Å². The van der Waals surface area contributed by atoms with Gasteiger partial charge in [0.2, 0.25) is 0 Å². The van der Waals surface area contributed by atoms with Crippen LogP contribution in [0.2, 0.25) is 0 Å². The first-order valence-electron chi connectivity index (χ1n) is 5.06. The van der Waals surface area contributed by atoms with Crippen molar-refractivity contribution in [3.05, 3.63) is 16.1 Å². The number of hydrogen-bond acceptors (Lipinski definition) is 4. The lowest BCUT2D eigenvalue weighted by Gasteiger charge is -2.22. The van der Waals surface area contributed by atoms with E-state index in [1.165, 1.54) is 4.88 Å². The fourth-order valence-electron chi connectivity index (χ4n) is 1.63. The van der Waals surface area contributed by atoms with E-state index in [1.54, 1.807) is 11.3 Å². The van der Waals surface area contributed by atoms with Crippen LogP contribution in [0.1, 0.15) is 23.4 Å². The maximum Gasteiger partial charge on any atom is 0.0798 e. The highest BCUT2D eigenvalue weighted by atomic mass is 32.1. The Bertz CT molecular complexity index is 281. The van der Waals surface area contributed by atoms with Gasteiger partial charge in [0.05, 0.1) is 11.2 Å². The summed E-state index contributed by atoms with van der Waals surface area (Å²) in [4.78, 5) is 5.59. The SMILES string of the molecule is Cc1ncsc1CNC1CCOCC1. The molecule has 0 spiro atoms. The largest absolute Gasteiger partial charge is 0.381 e. The van der Waals surface area contributed by atoms with Gasteiger partial charge in [0.25, 0.3) is 0 Å². The van der Waals surface area contributed by atoms with Crippen molar-refractivity contribution in [3.63, 3.8) is 0 Å². The van der Waals surface area contributed by atoms with Crippen molar-refractivity contribution in [3.8, 4) is 0 Å². The van der Waals surface area contributed by atoms with E-state index in [0.717, 1.165) is 38.3 Å². The molecule has 0 atom stereocenters. The molecule has 1 aromatic rings. The van der Waals surface area contributed by atoms with Crippen LogP contribution in [0.15, 0.2) is 5.51 Å². The second-order valence-electron chi connectivity index (χ2n) is 3.63. The number of aryl methyl sites for hydroxylation is 1. The van der Waals surface area contributed by atoms with E-state index >= 15 is 0 Å². The van der Waals surface area contributed by atoms with Gasteiger partial charge in [0, 0.05) is 30.7 Å². The minimum atomic E-state index is 0.630. The molecule has 2 rings (SSSR count). The van der Waals surface area contributed by atoms with E-state index in [1.807, 2.05) is 5.51 Å². The van der Waals surface area contributed by atoms with Crippen LogP contribution in [0.5, 0.6) is 0 Å². The van der Waals surface area contributed by atoms with Crippen LogP contribution in [0, 0.1) is 6.92 Å². The molecule has 4 heteroatoms. The van der Waals surface area contributed by atoms with E-state index in [4.69, 9.17) is 4.74 Å². The van der Waals surface area contributed by atoms with Gasteiger partial charge in [-0.1, -0.05) is 0 Å². The summed E-state index contributed by atoms with van der Waals surface area (Å²) in [6.07, 6.45) is 2.27. The van der Waals surface area contributed by atoms with Crippen molar-refractivity contribution in [2.45, 2.75) is 32.4 Å². The van der Waals surface area contributed by atoms with Crippen LogP contribution in [0.3, 0.4) is 0 Å². The Morgan fingerprint density at radius 2 is 2.36 bits per heavy atom. The van der Waals surface area contributed by atoms with Crippen molar-refractivity contribution >= 4 is 11.3 Å². The molecular weight excluding hydrogens is 196 g/mol. The average molecular weight is 212 g/mol. The van der Waals surface area contributed by atoms with Gasteiger partial charge in [0.15, 0.2) is 0 Å². The fraction of sp³-hybridized carbons (Fsp3) is 0.700. The minimum Gasteiger partial charge on any atom is -0.381 e. The smallest absolute Gasteiger partial charge is 0.0798 e. The summed E-state index contributed by atoms with van der Waals surface area (Å²) in [5, 5.41) is 3.56. The average Bonchev–Trinajstić information content (AvgIpc) is 2.63. The number of aromatic nitrogens is 1. The Morgan fingerprint density at radius 1 is 1.57 bits per heavy atom. The summed E-state index contributed by atoms with van der Waals surface area (Å²) in [6, 6.07) is 0.630. The molecule has 0 unspecified atom stereocenters. The molecule has 1 fully saturated rings. The Morgan fingerprint density at radius 3 is 3.00 bits per heavy atom. The predicted molar refractivity (Wildman–Crippen MR) is 57.5 cm³/mol. The number of ether oxygens (including phenoxy) is 1. The summed E-state index contributed by atoms with van der Waals surface area (Å²) < 4.78 is 5.31. The quantitative estimate of drug-likeness (QED) is 0.828. The first-order valence-corrected chi connectivity index (χ1v) is 5.94. The molecule has 0 saturated carbocycles. The molecule has 0 aliphatic carbocycles. The van der Waals surface area contributed by atoms with Gasteiger partial charge in [-0.2, -0.15) is 0 Å². The third-order valence-electron chi connectivity index (χ3n) is 2.62. The molecule has 1 N–H and O–H groups in total. The summed E-state index contributed by atoms with van der Waals surface area (Å²) in [5.74, 6) is 0. The minimum absolute atomic E-state index is 0.630. The van der Waals surface area contributed by atoms with Gasteiger partial charge in [0.1, 0.15) is 0 Å². The second kappa shape index (κ2) is 4.87. The number of hydrogen-bond donors (Lipinski definition) is 1. The van der Waals surface area contributed by atoms with E-state index in [9.17, 15) is 0 Å². The molecule has 14 heavy (non-hydrogen) atoms. The fourth-order valence-corrected chi connectivity index (χ4v) is 2.36. The van der Waals surface area contributed by atoms with E-state index in [0.29, 0.717) is 6.04 Å². The molecule has 0 bridgehead atoms. The lowest BCUT2D eigenvalue weighted by atomic mass is 10.1. The van der Waals surface area contributed by atoms with Crippen LogP contribution >= 0.6 is 11.3 Å². The van der Waals surface area contributed by atoms with E-state index < -0.39 is 0 Å². The number of nitrogens with one attached hydrogen (secondary N) is 1. The van der Waals surface area contributed by atoms with Crippen molar-refractivity contribution in [1.82, 2.24) is 10.3 Å². The standard InChI is InChI=1S/C10H16N2OS/c1-8-10(14-7-12-8)6-11-9-2-4-13-5-3-9/h7,9,11H,2-6H2,1H3. The predicted octanol–water partition coefficient (Wildman–Crippen LogP) is 1.72. The van der Waals surface area contributed by atoms with Crippen LogP contribution in [-0.4, -0.2) is 24.2 Å². The van der Waals surface area contributed by atoms with Gasteiger partial charge in [-0.15, -0.1) is 11.3 Å². The van der Waals surface area contributed by atoms with Crippen molar-refractivity contribution in [2.24, 2.45) is 0 Å². The second-order valence-corrected chi connectivity index (χ2v) is 4.57. The molecule has 0 radical (unpaired) electrons. The zero-order valence-electron chi connectivity index (χ0n) is 8.45. The third kappa shape index (κ3) is 2.53. The lowest BCUT2D eigenvalue weighted by molar-refractivity contribution is 0.0776. The molecule has 1 aromatic heterocycles. The highest BCUT2D eigenvalue weighted by Crippen LogP contribution is 2.13. The number of thiazole rings is 1. The van der Waals surface area contributed by atoms with E-state index in [-0.39, 0.29) is 0 Å². The third-order valence-corrected chi connectivity index (χ3v) is 3.55. The highest BCUT2D eigenvalue weighted by molar-refractivity contribution is 7.09. The molecule has 2 heterocycles. The highest BCUT2D eigenvalue weighted by Gasteiger charge is 2.13. The lowest BCUT2D eigenvalue weighted by Crippen LogP contribution is -2.34. The summed E-state index contributed by atoms with van der Waals surface area (Å²) in [5.41, 5.74) is 3.07. The van der Waals surface area contributed by atoms with Gasteiger partial charge in [-0.25, -0.2) is 4.98 Å². The van der Waals surface area contributed by atoms with Gasteiger partial charge < -0.3 is 10.1 Å². The molecule has 3 nitrogen and oxygen atoms in total. The molecule has 1 aliphatic rings. The Hall–Kier alpha value is -0.450. The molecule has 1 saturated heterocycles. The van der Waals surface area contributed by atoms with Gasteiger partial charge in [-0.3, -0.25) is 0 Å². The van der Waals surface area contributed by atoms with Gasteiger partial charge >= 0.3 is 0 Å². The number of rotatable bonds is 3. The maximum atomic E-state index is 5.31. The summed E-state index contributed by atoms with van der Waals surface area (Å²) in [7, 11) is 0. The van der Waals surface area contributed by atoms with E-state index in [2.05, 4.69) is 17.2 Å². The zero-order valence-corrected chi connectivity index (χ0v) is 9.27. The maximum absolute atomic E-state index is 5.31. The van der Waals surface area contributed by atoms with Crippen molar-refractivity contribution < 1.29 is 4.74 Å². The van der Waals surface area contributed by atoms with Crippen LogP contribution in [-0.2, 0) is 11.3 Å². The molecule has 0 aromatic carbocycles. The van der Waals surface area contributed by atoms with Crippen molar-refractivity contribution in [2.75, 3.05) is 13.2 Å². The molecular formula is C10H16N2OS. The molecule has 0 amide bonds. The zero-order chi connectivity index (χ0) is 9.80. The Kier molecular flexibility index (Phi) is 3.50. The van der Waals surface area contributed by atoms with Crippen LogP contribution in [0.25, 0.3) is 0 Å². The number of nitrogens with zero attached hydrogens (tertiary/aromatic N) is 1. The Balaban J connectivity index is 1.79. The van der Waals surface area contributed by atoms with Crippen LogP contribution < -0.4 is 5.32 Å².